The molecule has 0 aliphatic carbocycles. The first-order chi connectivity index (χ1) is 17.7. The predicted molar refractivity (Wildman–Crippen MR) is 134 cm³/mol. The van der Waals surface area contributed by atoms with Gasteiger partial charge in [-0.1, -0.05) is 24.3 Å². The molecule has 0 saturated heterocycles. The predicted octanol–water partition coefficient (Wildman–Crippen LogP) is 3.98. The second-order valence-electron chi connectivity index (χ2n) is 8.23. The van der Waals surface area contributed by atoms with Crippen LogP contribution in [0.4, 0.5) is 14.5 Å². The lowest BCUT2D eigenvalue weighted by atomic mass is 10.1. The summed E-state index contributed by atoms with van der Waals surface area (Å²) in [6.45, 7) is -0.240. The highest BCUT2D eigenvalue weighted by Gasteiger charge is 2.16. The zero-order valence-electron chi connectivity index (χ0n) is 19.8. The molecule has 0 fully saturated rings. The Labute approximate surface area is 212 Å². The summed E-state index contributed by atoms with van der Waals surface area (Å²) in [5.41, 5.74) is 2.22. The molecule has 0 amide bonds. The van der Waals surface area contributed by atoms with Crippen LogP contribution in [0.15, 0.2) is 71.6 Å². The van der Waals surface area contributed by atoms with E-state index in [4.69, 9.17) is 4.74 Å². The number of hydrogen-bond donors (Lipinski definition) is 4. The number of sulfonamides is 1. The van der Waals surface area contributed by atoms with Gasteiger partial charge in [-0.2, -0.15) is 8.78 Å². The molecule has 4 N–H and O–H groups in total. The average Bonchev–Trinajstić information content (AvgIpc) is 3.25. The van der Waals surface area contributed by atoms with Crippen molar-refractivity contribution < 1.29 is 31.8 Å². The number of alkyl halides is 2. The zero-order valence-corrected chi connectivity index (χ0v) is 20.6. The van der Waals surface area contributed by atoms with E-state index in [0.29, 0.717) is 34.4 Å². The quantitative estimate of drug-likeness (QED) is 0.203. The van der Waals surface area contributed by atoms with Gasteiger partial charge in [0.25, 0.3) is 10.0 Å². The van der Waals surface area contributed by atoms with Gasteiger partial charge in [-0.05, 0) is 54.4 Å². The van der Waals surface area contributed by atoms with Crippen molar-refractivity contribution in [3.63, 3.8) is 0 Å². The van der Waals surface area contributed by atoms with Crippen molar-refractivity contribution in [3.05, 3.63) is 77.9 Å². The number of fused-ring (bicyclic) bond motifs is 1. The second kappa shape index (κ2) is 11.5. The summed E-state index contributed by atoms with van der Waals surface area (Å²) in [6, 6.07) is 18.0. The highest BCUT2D eigenvalue weighted by Crippen LogP contribution is 2.27. The Morgan fingerprint density at radius 3 is 2.68 bits per heavy atom. The third kappa shape index (κ3) is 6.94. The van der Waals surface area contributed by atoms with Gasteiger partial charge in [0, 0.05) is 24.8 Å². The smallest absolute Gasteiger partial charge is 0.388 e. The number of rotatable bonds is 12. The van der Waals surface area contributed by atoms with E-state index in [2.05, 4.69) is 25.0 Å². The van der Waals surface area contributed by atoms with E-state index in [1.54, 1.807) is 54.6 Å². The number of aliphatic hydroxyl groups is 1. The van der Waals surface area contributed by atoms with Gasteiger partial charge in [0.1, 0.15) is 12.4 Å². The van der Waals surface area contributed by atoms with Gasteiger partial charge in [-0.25, -0.2) is 8.42 Å². The largest absolute Gasteiger partial charge is 0.492 e. The van der Waals surface area contributed by atoms with Crippen LogP contribution in [0.25, 0.3) is 10.9 Å². The first kappa shape index (κ1) is 26.3. The molecule has 0 radical (unpaired) electrons. The van der Waals surface area contributed by atoms with Crippen LogP contribution in [0.5, 0.6) is 11.6 Å². The molecule has 1 atom stereocenters. The maximum Gasteiger partial charge on any atom is 0.388 e. The maximum absolute atomic E-state index is 12.7. The SMILES string of the molecule is Cc1cccc(S(=O)(=O)Nc2cccc([C@@H](O)CNCCOc3ccc4c(OC(F)F)n[nH]c4c3)c2)c1. The Hall–Kier alpha value is -3.74. The summed E-state index contributed by atoms with van der Waals surface area (Å²) in [6.07, 6.45) is -0.877. The molecule has 0 saturated carbocycles. The van der Waals surface area contributed by atoms with Gasteiger partial charge >= 0.3 is 6.61 Å². The van der Waals surface area contributed by atoms with Crippen LogP contribution >= 0.6 is 0 Å². The molecular weight excluding hydrogens is 506 g/mol. The molecule has 0 aliphatic rings. The summed E-state index contributed by atoms with van der Waals surface area (Å²) in [5.74, 6) is 0.329. The average molecular weight is 533 g/mol. The summed E-state index contributed by atoms with van der Waals surface area (Å²) in [4.78, 5) is 0.161. The molecule has 0 unspecified atom stereocenters. The van der Waals surface area contributed by atoms with Crippen LogP contribution in [-0.4, -0.2) is 50.0 Å². The third-order valence-electron chi connectivity index (χ3n) is 5.41. The molecule has 1 aromatic heterocycles. The number of aromatic nitrogens is 2. The van der Waals surface area contributed by atoms with Crippen molar-refractivity contribution in [1.82, 2.24) is 15.5 Å². The number of anilines is 1. The van der Waals surface area contributed by atoms with Gasteiger partial charge in [0.2, 0.25) is 5.88 Å². The molecule has 12 heteroatoms. The number of aryl methyl sites for hydroxylation is 1. The zero-order chi connectivity index (χ0) is 26.4. The maximum atomic E-state index is 12.7. The molecule has 4 aromatic rings. The fourth-order valence-corrected chi connectivity index (χ4v) is 4.80. The number of hydrogen-bond acceptors (Lipinski definition) is 7. The molecule has 0 bridgehead atoms. The van der Waals surface area contributed by atoms with E-state index in [1.165, 1.54) is 6.07 Å². The van der Waals surface area contributed by atoms with E-state index in [0.717, 1.165) is 5.56 Å². The Balaban J connectivity index is 1.26. The summed E-state index contributed by atoms with van der Waals surface area (Å²) < 4.78 is 62.7. The minimum absolute atomic E-state index is 0.161. The normalized spacial score (nSPS) is 12.6. The van der Waals surface area contributed by atoms with Gasteiger partial charge in [0.05, 0.1) is 21.9 Å². The Kier molecular flexibility index (Phi) is 8.21. The van der Waals surface area contributed by atoms with Crippen LogP contribution < -0.4 is 19.5 Å². The van der Waals surface area contributed by atoms with Crippen molar-refractivity contribution in [1.29, 1.82) is 0 Å². The van der Waals surface area contributed by atoms with E-state index in [-0.39, 0.29) is 23.9 Å². The molecule has 3 aromatic carbocycles. The number of nitrogens with zero attached hydrogens (tertiary/aromatic N) is 1. The summed E-state index contributed by atoms with van der Waals surface area (Å²) in [7, 11) is -3.76. The van der Waals surface area contributed by atoms with Crippen LogP contribution in [0.2, 0.25) is 0 Å². The number of halogens is 2. The molecule has 1 heterocycles. The first-order valence-corrected chi connectivity index (χ1v) is 12.8. The van der Waals surface area contributed by atoms with Crippen molar-refractivity contribution in [2.24, 2.45) is 0 Å². The number of benzene rings is 3. The van der Waals surface area contributed by atoms with Crippen LogP contribution in [0.1, 0.15) is 17.2 Å². The molecule has 4 rings (SSSR count). The van der Waals surface area contributed by atoms with E-state index in [1.807, 2.05) is 13.0 Å². The standard InChI is InChI=1S/C25H26F2N4O5S/c1-16-4-2-7-20(12-16)37(33,34)31-18-6-3-5-17(13-18)23(32)15-28-10-11-35-19-8-9-21-22(14-19)29-30-24(21)36-25(26)27/h2-9,12-14,23,25,28,31-32H,10-11,15H2,1H3,(H,29,30)/t23-/m0/s1. The number of aromatic amines is 1. The Morgan fingerprint density at radius 2 is 1.89 bits per heavy atom. The van der Waals surface area contributed by atoms with Gasteiger partial charge in [-0.3, -0.25) is 9.82 Å². The minimum atomic E-state index is -3.76. The number of aliphatic hydroxyl groups excluding tert-OH is 1. The summed E-state index contributed by atoms with van der Waals surface area (Å²) >= 11 is 0. The fourth-order valence-electron chi connectivity index (χ4n) is 3.64. The fraction of sp³-hybridized carbons (Fsp3) is 0.240. The lowest BCUT2D eigenvalue weighted by molar-refractivity contribution is -0.0518. The first-order valence-electron chi connectivity index (χ1n) is 11.4. The Bertz CT molecular complexity index is 1460. The number of ether oxygens (including phenoxy) is 2. The van der Waals surface area contributed by atoms with Crippen molar-refractivity contribution in [3.8, 4) is 11.6 Å². The third-order valence-corrected chi connectivity index (χ3v) is 6.79. The van der Waals surface area contributed by atoms with E-state index < -0.39 is 22.7 Å². The highest BCUT2D eigenvalue weighted by molar-refractivity contribution is 7.92. The van der Waals surface area contributed by atoms with Crippen molar-refractivity contribution in [2.45, 2.75) is 24.5 Å². The number of nitrogens with one attached hydrogen (secondary N) is 3. The van der Waals surface area contributed by atoms with Crippen molar-refractivity contribution in [2.75, 3.05) is 24.4 Å². The summed E-state index contributed by atoms with van der Waals surface area (Å²) in [5, 5.41) is 20.4. The second-order valence-corrected chi connectivity index (χ2v) is 9.91. The lowest BCUT2D eigenvalue weighted by Crippen LogP contribution is -2.26. The van der Waals surface area contributed by atoms with Crippen LogP contribution in [0, 0.1) is 6.92 Å². The van der Waals surface area contributed by atoms with Crippen molar-refractivity contribution >= 4 is 26.6 Å². The van der Waals surface area contributed by atoms with E-state index in [9.17, 15) is 22.3 Å². The van der Waals surface area contributed by atoms with Crippen LogP contribution in [-0.2, 0) is 10.0 Å². The molecule has 196 valence electrons. The molecule has 9 nitrogen and oxygen atoms in total. The van der Waals surface area contributed by atoms with Gasteiger partial charge < -0.3 is 19.9 Å². The highest BCUT2D eigenvalue weighted by atomic mass is 32.2. The number of H-pyrrole nitrogens is 1. The molecule has 0 aliphatic heterocycles. The Morgan fingerprint density at radius 1 is 1.08 bits per heavy atom. The van der Waals surface area contributed by atoms with Gasteiger partial charge in [-0.15, -0.1) is 5.10 Å². The van der Waals surface area contributed by atoms with E-state index >= 15 is 0 Å². The molecule has 0 spiro atoms. The monoisotopic (exact) mass is 532 g/mol. The topological polar surface area (TPSA) is 126 Å². The van der Waals surface area contributed by atoms with Crippen LogP contribution in [0.3, 0.4) is 0 Å². The minimum Gasteiger partial charge on any atom is -0.492 e. The molecule has 37 heavy (non-hydrogen) atoms. The molecular formula is C25H26F2N4O5S. The lowest BCUT2D eigenvalue weighted by Gasteiger charge is -2.15. The van der Waals surface area contributed by atoms with Gasteiger partial charge in [0.15, 0.2) is 0 Å².